The fraction of sp³-hybridized carbons (Fsp3) is 0.286. The average Bonchev–Trinajstić information content (AvgIpc) is 2.94. The average molecular weight is 298 g/mol. The molecule has 0 fully saturated rings. The standard InChI is InChI=1S/C14H16F2N2OS/c15-14(16)19-12-4-2-11(3-5-12)13(18-17)6-1-10-7-8-20-9-10/h2-5,7-9,13-14,18H,1,6,17H2. The fourth-order valence-corrected chi connectivity index (χ4v) is 2.68. The minimum absolute atomic E-state index is 0.0181. The van der Waals surface area contributed by atoms with Gasteiger partial charge in [-0.1, -0.05) is 12.1 Å². The lowest BCUT2D eigenvalue weighted by Gasteiger charge is -2.16. The van der Waals surface area contributed by atoms with E-state index >= 15 is 0 Å². The van der Waals surface area contributed by atoms with Crippen LogP contribution in [0.3, 0.4) is 0 Å². The topological polar surface area (TPSA) is 47.3 Å². The number of nitrogens with two attached hydrogens (primary N) is 1. The van der Waals surface area contributed by atoms with Crippen LogP contribution in [0.25, 0.3) is 0 Å². The monoisotopic (exact) mass is 298 g/mol. The number of rotatable bonds is 7. The Kier molecular flexibility index (Phi) is 5.46. The SMILES string of the molecule is NNC(CCc1ccsc1)c1ccc(OC(F)F)cc1. The molecule has 2 rings (SSSR count). The highest BCUT2D eigenvalue weighted by Crippen LogP contribution is 2.22. The van der Waals surface area contributed by atoms with Gasteiger partial charge in [0.05, 0.1) is 0 Å². The summed E-state index contributed by atoms with van der Waals surface area (Å²) in [6, 6.07) is 8.60. The van der Waals surface area contributed by atoms with E-state index < -0.39 is 6.61 Å². The van der Waals surface area contributed by atoms with Crippen molar-refractivity contribution in [3.63, 3.8) is 0 Å². The summed E-state index contributed by atoms with van der Waals surface area (Å²) < 4.78 is 28.5. The summed E-state index contributed by atoms with van der Waals surface area (Å²) >= 11 is 1.66. The number of hydrazine groups is 1. The highest BCUT2D eigenvalue weighted by molar-refractivity contribution is 7.07. The molecule has 3 nitrogen and oxygen atoms in total. The summed E-state index contributed by atoms with van der Waals surface area (Å²) in [6.45, 7) is -2.80. The maximum absolute atomic E-state index is 12.1. The molecule has 0 radical (unpaired) electrons. The molecule has 2 aromatic rings. The lowest BCUT2D eigenvalue weighted by Crippen LogP contribution is -2.28. The molecular weight excluding hydrogens is 282 g/mol. The normalized spacial score (nSPS) is 12.6. The lowest BCUT2D eigenvalue weighted by molar-refractivity contribution is -0.0498. The van der Waals surface area contributed by atoms with Gasteiger partial charge in [-0.05, 0) is 52.9 Å². The summed E-state index contributed by atoms with van der Waals surface area (Å²) in [5.74, 6) is 5.71. The Morgan fingerprint density at radius 1 is 1.20 bits per heavy atom. The molecule has 0 spiro atoms. The first kappa shape index (κ1) is 14.9. The first-order valence-corrected chi connectivity index (χ1v) is 7.15. The predicted octanol–water partition coefficient (Wildman–Crippen LogP) is 3.49. The van der Waals surface area contributed by atoms with E-state index in [0.717, 1.165) is 18.4 Å². The van der Waals surface area contributed by atoms with Crippen LogP contribution in [0.4, 0.5) is 8.78 Å². The van der Waals surface area contributed by atoms with Crippen LogP contribution in [0.1, 0.15) is 23.6 Å². The van der Waals surface area contributed by atoms with Crippen LogP contribution in [-0.4, -0.2) is 6.61 Å². The molecule has 0 saturated heterocycles. The van der Waals surface area contributed by atoms with Crippen LogP contribution in [0.2, 0.25) is 0 Å². The second-order valence-corrected chi connectivity index (χ2v) is 5.12. The number of hydrogen-bond acceptors (Lipinski definition) is 4. The van der Waals surface area contributed by atoms with E-state index in [1.54, 1.807) is 23.5 Å². The van der Waals surface area contributed by atoms with Crippen molar-refractivity contribution in [2.24, 2.45) is 5.84 Å². The number of benzene rings is 1. The predicted molar refractivity (Wildman–Crippen MR) is 75.8 cm³/mol. The molecule has 1 heterocycles. The molecule has 0 saturated carbocycles. The van der Waals surface area contributed by atoms with Gasteiger partial charge in [-0.3, -0.25) is 11.3 Å². The van der Waals surface area contributed by atoms with Crippen molar-refractivity contribution in [1.82, 2.24) is 5.43 Å². The molecule has 1 atom stereocenters. The second kappa shape index (κ2) is 7.33. The Hall–Kier alpha value is -1.50. The van der Waals surface area contributed by atoms with Crippen molar-refractivity contribution < 1.29 is 13.5 Å². The van der Waals surface area contributed by atoms with E-state index in [2.05, 4.69) is 21.6 Å². The molecule has 1 unspecified atom stereocenters. The Labute approximate surface area is 120 Å². The smallest absolute Gasteiger partial charge is 0.387 e. The van der Waals surface area contributed by atoms with Crippen LogP contribution in [0.5, 0.6) is 5.75 Å². The van der Waals surface area contributed by atoms with Gasteiger partial charge in [-0.15, -0.1) is 0 Å². The highest BCUT2D eigenvalue weighted by atomic mass is 32.1. The minimum Gasteiger partial charge on any atom is -0.435 e. The van der Waals surface area contributed by atoms with Crippen LogP contribution >= 0.6 is 11.3 Å². The summed E-state index contributed by atoms with van der Waals surface area (Å²) in [5, 5.41) is 4.14. The quantitative estimate of drug-likeness (QED) is 0.607. The van der Waals surface area contributed by atoms with Gasteiger partial charge in [0.2, 0.25) is 0 Å². The van der Waals surface area contributed by atoms with Crippen molar-refractivity contribution in [1.29, 1.82) is 0 Å². The van der Waals surface area contributed by atoms with E-state index in [1.165, 1.54) is 17.7 Å². The van der Waals surface area contributed by atoms with Crippen molar-refractivity contribution >= 4 is 11.3 Å². The van der Waals surface area contributed by atoms with Gasteiger partial charge in [0, 0.05) is 6.04 Å². The Morgan fingerprint density at radius 3 is 2.50 bits per heavy atom. The molecule has 0 amide bonds. The van der Waals surface area contributed by atoms with E-state index in [9.17, 15) is 8.78 Å². The molecule has 0 aliphatic carbocycles. The summed E-state index contributed by atoms with van der Waals surface area (Å²) in [6.07, 6.45) is 1.75. The molecule has 0 bridgehead atoms. The van der Waals surface area contributed by atoms with E-state index in [0.29, 0.717) is 0 Å². The van der Waals surface area contributed by atoms with Gasteiger partial charge in [-0.2, -0.15) is 20.1 Å². The van der Waals surface area contributed by atoms with Crippen molar-refractivity contribution in [3.8, 4) is 5.75 Å². The second-order valence-electron chi connectivity index (χ2n) is 4.34. The van der Waals surface area contributed by atoms with Gasteiger partial charge in [0.1, 0.15) is 5.75 Å². The first-order valence-electron chi connectivity index (χ1n) is 6.21. The van der Waals surface area contributed by atoms with E-state index in [-0.39, 0.29) is 11.8 Å². The Bertz CT molecular complexity index is 502. The van der Waals surface area contributed by atoms with Gasteiger partial charge >= 0.3 is 6.61 Å². The summed E-state index contributed by atoms with van der Waals surface area (Å²) in [5.41, 5.74) is 4.98. The summed E-state index contributed by atoms with van der Waals surface area (Å²) in [4.78, 5) is 0. The largest absolute Gasteiger partial charge is 0.435 e. The number of aryl methyl sites for hydroxylation is 1. The highest BCUT2D eigenvalue weighted by Gasteiger charge is 2.11. The Morgan fingerprint density at radius 2 is 1.95 bits per heavy atom. The molecule has 0 aliphatic rings. The molecular formula is C14H16F2N2OS. The fourth-order valence-electron chi connectivity index (χ4n) is 1.97. The van der Waals surface area contributed by atoms with Crippen LogP contribution in [0.15, 0.2) is 41.1 Å². The van der Waals surface area contributed by atoms with Gasteiger partial charge in [-0.25, -0.2) is 0 Å². The number of halogens is 2. The molecule has 1 aromatic carbocycles. The Balaban J connectivity index is 1.96. The zero-order valence-electron chi connectivity index (χ0n) is 10.8. The maximum Gasteiger partial charge on any atom is 0.387 e. The number of nitrogens with one attached hydrogen (secondary N) is 1. The van der Waals surface area contributed by atoms with Crippen LogP contribution < -0.4 is 16.0 Å². The molecule has 108 valence electrons. The number of hydrogen-bond donors (Lipinski definition) is 2. The first-order chi connectivity index (χ1) is 9.69. The van der Waals surface area contributed by atoms with Crippen molar-refractivity contribution in [3.05, 3.63) is 52.2 Å². The van der Waals surface area contributed by atoms with Gasteiger partial charge in [0.25, 0.3) is 0 Å². The third kappa shape index (κ3) is 4.26. The number of thiophene rings is 1. The molecule has 6 heteroatoms. The van der Waals surface area contributed by atoms with Crippen LogP contribution in [-0.2, 0) is 6.42 Å². The van der Waals surface area contributed by atoms with Crippen molar-refractivity contribution in [2.75, 3.05) is 0 Å². The third-order valence-corrected chi connectivity index (χ3v) is 3.74. The molecule has 0 aliphatic heterocycles. The molecule has 1 aromatic heterocycles. The van der Waals surface area contributed by atoms with Gasteiger partial charge < -0.3 is 4.74 Å². The molecule has 3 N–H and O–H groups in total. The maximum atomic E-state index is 12.1. The molecule has 20 heavy (non-hydrogen) atoms. The van der Waals surface area contributed by atoms with E-state index in [1.807, 2.05) is 5.38 Å². The third-order valence-electron chi connectivity index (χ3n) is 3.01. The number of alkyl halides is 2. The van der Waals surface area contributed by atoms with Gasteiger partial charge in [0.15, 0.2) is 0 Å². The minimum atomic E-state index is -2.80. The summed E-state index contributed by atoms with van der Waals surface area (Å²) in [7, 11) is 0. The lowest BCUT2D eigenvalue weighted by atomic mass is 10.0. The van der Waals surface area contributed by atoms with Crippen molar-refractivity contribution in [2.45, 2.75) is 25.5 Å². The van der Waals surface area contributed by atoms with Crippen LogP contribution in [0, 0.1) is 0 Å². The van der Waals surface area contributed by atoms with E-state index in [4.69, 9.17) is 5.84 Å². The zero-order valence-corrected chi connectivity index (χ0v) is 11.6. The zero-order chi connectivity index (χ0) is 14.4. The number of ether oxygens (including phenoxy) is 1.